The maximum absolute atomic E-state index is 12.3. The highest BCUT2D eigenvalue weighted by atomic mass is 16.5. The number of nitrogens with one attached hydrogen (secondary N) is 1. The van der Waals surface area contributed by atoms with Crippen LogP contribution in [0.3, 0.4) is 0 Å². The van der Waals surface area contributed by atoms with E-state index in [2.05, 4.69) is 5.32 Å². The van der Waals surface area contributed by atoms with Crippen molar-refractivity contribution in [3.63, 3.8) is 0 Å². The van der Waals surface area contributed by atoms with Crippen molar-refractivity contribution in [1.82, 2.24) is 0 Å². The van der Waals surface area contributed by atoms with Gasteiger partial charge < -0.3 is 14.8 Å². The first-order chi connectivity index (χ1) is 14.0. The largest absolute Gasteiger partial charge is 0.491 e. The van der Waals surface area contributed by atoms with Crippen LogP contribution in [-0.4, -0.2) is 24.6 Å². The normalized spacial score (nSPS) is 10.4. The molecule has 0 aliphatic rings. The highest BCUT2D eigenvalue weighted by Gasteiger charge is 2.12. The molecule has 5 heteroatoms. The Morgan fingerprint density at radius 2 is 1.52 bits per heavy atom. The smallest absolute Gasteiger partial charge is 0.338 e. The van der Waals surface area contributed by atoms with E-state index in [9.17, 15) is 9.59 Å². The number of esters is 1. The maximum atomic E-state index is 12.3. The molecule has 0 unspecified atom stereocenters. The first-order valence-corrected chi connectivity index (χ1v) is 9.41. The average Bonchev–Trinajstić information content (AvgIpc) is 2.73. The van der Waals surface area contributed by atoms with Crippen LogP contribution < -0.4 is 10.1 Å². The fraction of sp³-hybridized carbons (Fsp3) is 0.167. The molecule has 0 heterocycles. The zero-order chi connectivity index (χ0) is 20.6. The van der Waals surface area contributed by atoms with Gasteiger partial charge in [0.25, 0.3) is 5.91 Å². The monoisotopic (exact) mass is 389 g/mol. The quantitative estimate of drug-likeness (QED) is 0.582. The summed E-state index contributed by atoms with van der Waals surface area (Å²) in [6, 6.07) is 23.9. The zero-order valence-corrected chi connectivity index (χ0v) is 16.4. The van der Waals surface area contributed by atoms with Crippen LogP contribution in [0.2, 0.25) is 0 Å². The number of hydrogen-bond donors (Lipinski definition) is 1. The lowest BCUT2D eigenvalue weighted by Gasteiger charge is -2.12. The van der Waals surface area contributed by atoms with E-state index in [1.165, 1.54) is 0 Å². The number of benzene rings is 3. The van der Waals surface area contributed by atoms with Crippen molar-refractivity contribution >= 4 is 17.6 Å². The lowest BCUT2D eigenvalue weighted by atomic mass is 10.0. The number of ether oxygens (including phenoxy) is 2. The summed E-state index contributed by atoms with van der Waals surface area (Å²) in [5, 5.41) is 2.81. The standard InChI is InChI=1S/C24H23NO4/c1-17(2)29-20-14-12-19(13-15-20)24(27)28-16-23(26)25-22-11-7-6-10-21(22)18-8-4-3-5-9-18/h3-15,17H,16H2,1-2H3,(H,25,26). The van der Waals surface area contributed by atoms with Gasteiger partial charge in [-0.05, 0) is 49.7 Å². The van der Waals surface area contributed by atoms with Crippen molar-refractivity contribution in [3.05, 3.63) is 84.4 Å². The van der Waals surface area contributed by atoms with E-state index >= 15 is 0 Å². The van der Waals surface area contributed by atoms with E-state index in [1.807, 2.05) is 68.4 Å². The van der Waals surface area contributed by atoms with E-state index in [-0.39, 0.29) is 12.7 Å². The Morgan fingerprint density at radius 3 is 2.21 bits per heavy atom. The molecule has 0 bridgehead atoms. The van der Waals surface area contributed by atoms with Crippen molar-refractivity contribution in [2.75, 3.05) is 11.9 Å². The van der Waals surface area contributed by atoms with Gasteiger partial charge in [-0.1, -0.05) is 48.5 Å². The highest BCUT2D eigenvalue weighted by molar-refractivity contribution is 5.98. The molecule has 0 aliphatic heterocycles. The molecule has 3 rings (SSSR count). The number of anilines is 1. The molecule has 5 nitrogen and oxygen atoms in total. The van der Waals surface area contributed by atoms with Crippen molar-refractivity contribution in [3.8, 4) is 16.9 Å². The lowest BCUT2D eigenvalue weighted by molar-refractivity contribution is -0.119. The van der Waals surface area contributed by atoms with E-state index in [1.54, 1.807) is 24.3 Å². The van der Waals surface area contributed by atoms with Crippen LogP contribution in [0.5, 0.6) is 5.75 Å². The Labute approximate surface area is 170 Å². The average molecular weight is 389 g/mol. The molecular weight excluding hydrogens is 366 g/mol. The van der Waals surface area contributed by atoms with Gasteiger partial charge in [0.1, 0.15) is 5.75 Å². The second-order valence-electron chi connectivity index (χ2n) is 6.73. The summed E-state index contributed by atoms with van der Waals surface area (Å²) in [4.78, 5) is 24.5. The molecule has 0 radical (unpaired) electrons. The number of carbonyl (C=O) groups excluding carboxylic acids is 2. The van der Waals surface area contributed by atoms with E-state index < -0.39 is 11.9 Å². The summed E-state index contributed by atoms with van der Waals surface area (Å²) in [6.45, 7) is 3.49. The number of amides is 1. The molecule has 0 saturated carbocycles. The predicted octanol–water partition coefficient (Wildman–Crippen LogP) is 4.94. The molecule has 3 aromatic rings. The minimum absolute atomic E-state index is 0.0512. The minimum Gasteiger partial charge on any atom is -0.491 e. The zero-order valence-electron chi connectivity index (χ0n) is 16.4. The van der Waals surface area contributed by atoms with Crippen molar-refractivity contribution in [2.45, 2.75) is 20.0 Å². The SMILES string of the molecule is CC(C)Oc1ccc(C(=O)OCC(=O)Nc2ccccc2-c2ccccc2)cc1. The van der Waals surface area contributed by atoms with Gasteiger partial charge in [0.15, 0.2) is 6.61 Å². The molecular formula is C24H23NO4. The number of hydrogen-bond acceptors (Lipinski definition) is 4. The first-order valence-electron chi connectivity index (χ1n) is 9.41. The summed E-state index contributed by atoms with van der Waals surface area (Å²) in [7, 11) is 0. The molecule has 148 valence electrons. The molecule has 1 N–H and O–H groups in total. The summed E-state index contributed by atoms with van der Waals surface area (Å²) < 4.78 is 10.7. The van der Waals surface area contributed by atoms with Crippen LogP contribution in [-0.2, 0) is 9.53 Å². The Bertz CT molecular complexity index is 966. The second-order valence-corrected chi connectivity index (χ2v) is 6.73. The van der Waals surface area contributed by atoms with E-state index in [0.29, 0.717) is 17.0 Å². The van der Waals surface area contributed by atoms with Gasteiger partial charge in [-0.3, -0.25) is 4.79 Å². The molecule has 0 fully saturated rings. The second kappa shape index (κ2) is 9.55. The van der Waals surface area contributed by atoms with Crippen LogP contribution in [0.4, 0.5) is 5.69 Å². The van der Waals surface area contributed by atoms with Gasteiger partial charge in [-0.15, -0.1) is 0 Å². The van der Waals surface area contributed by atoms with E-state index in [0.717, 1.165) is 11.1 Å². The third-order valence-corrected chi connectivity index (χ3v) is 4.08. The Balaban J connectivity index is 1.59. The van der Waals surface area contributed by atoms with Gasteiger partial charge in [-0.25, -0.2) is 4.79 Å². The molecule has 0 spiro atoms. The van der Waals surface area contributed by atoms with Gasteiger partial charge >= 0.3 is 5.97 Å². The maximum Gasteiger partial charge on any atom is 0.338 e. The Hall–Kier alpha value is -3.60. The number of carbonyl (C=O) groups is 2. The van der Waals surface area contributed by atoms with E-state index in [4.69, 9.17) is 9.47 Å². The van der Waals surface area contributed by atoms with Crippen molar-refractivity contribution in [1.29, 1.82) is 0 Å². The molecule has 29 heavy (non-hydrogen) atoms. The Morgan fingerprint density at radius 1 is 0.862 bits per heavy atom. The van der Waals surface area contributed by atoms with Crippen LogP contribution in [0, 0.1) is 0 Å². The number of rotatable bonds is 7. The van der Waals surface area contributed by atoms with Crippen LogP contribution in [0.25, 0.3) is 11.1 Å². The lowest BCUT2D eigenvalue weighted by Crippen LogP contribution is -2.21. The molecule has 3 aromatic carbocycles. The van der Waals surface area contributed by atoms with Crippen molar-refractivity contribution in [2.24, 2.45) is 0 Å². The summed E-state index contributed by atoms with van der Waals surface area (Å²) in [5.41, 5.74) is 2.91. The fourth-order valence-corrected chi connectivity index (χ4v) is 2.80. The molecule has 0 aliphatic carbocycles. The third-order valence-electron chi connectivity index (χ3n) is 4.08. The van der Waals surface area contributed by atoms with Crippen LogP contribution in [0.1, 0.15) is 24.2 Å². The predicted molar refractivity (Wildman–Crippen MR) is 113 cm³/mol. The Kier molecular flexibility index (Phi) is 6.63. The summed E-state index contributed by atoms with van der Waals surface area (Å²) >= 11 is 0. The van der Waals surface area contributed by atoms with Gasteiger partial charge in [0, 0.05) is 11.3 Å². The van der Waals surface area contributed by atoms with Gasteiger partial charge in [-0.2, -0.15) is 0 Å². The topological polar surface area (TPSA) is 64.6 Å². The fourth-order valence-electron chi connectivity index (χ4n) is 2.80. The summed E-state index contributed by atoms with van der Waals surface area (Å²) in [6.07, 6.45) is 0.0512. The molecule has 0 saturated heterocycles. The highest BCUT2D eigenvalue weighted by Crippen LogP contribution is 2.27. The van der Waals surface area contributed by atoms with Gasteiger partial charge in [0.05, 0.1) is 11.7 Å². The molecule has 0 atom stereocenters. The summed E-state index contributed by atoms with van der Waals surface area (Å²) in [5.74, 6) is -0.291. The minimum atomic E-state index is -0.562. The number of para-hydroxylation sites is 1. The third kappa shape index (κ3) is 5.69. The first kappa shape index (κ1) is 20.1. The van der Waals surface area contributed by atoms with Crippen LogP contribution in [0.15, 0.2) is 78.9 Å². The molecule has 1 amide bonds. The van der Waals surface area contributed by atoms with Crippen LogP contribution >= 0.6 is 0 Å². The van der Waals surface area contributed by atoms with Gasteiger partial charge in [0.2, 0.25) is 0 Å². The van der Waals surface area contributed by atoms with Crippen molar-refractivity contribution < 1.29 is 19.1 Å². The molecule has 0 aromatic heterocycles.